The minimum absolute atomic E-state index is 0. The van der Waals surface area contributed by atoms with Gasteiger partial charge in [0.05, 0.1) is 26.4 Å². The molecule has 0 aromatic rings. The average molecular weight is 190 g/mol. The van der Waals surface area contributed by atoms with Gasteiger partial charge in [0.1, 0.15) is 0 Å². The van der Waals surface area contributed by atoms with Gasteiger partial charge in [0, 0.05) is 0 Å². The molecule has 0 bridgehead atoms. The van der Waals surface area contributed by atoms with Crippen LogP contribution in [0.15, 0.2) is 0 Å². The van der Waals surface area contributed by atoms with Crippen molar-refractivity contribution in [1.82, 2.24) is 0 Å². The van der Waals surface area contributed by atoms with E-state index in [-0.39, 0.29) is 51.2 Å². The predicted octanol–water partition coefficient (Wildman–Crippen LogP) is -1.08. The summed E-state index contributed by atoms with van der Waals surface area (Å²) in [5.41, 5.74) is 0. The third-order valence-corrected chi connectivity index (χ3v) is 0.744. The second kappa shape index (κ2) is 22.4. The van der Waals surface area contributed by atoms with Gasteiger partial charge >= 0.3 is 34.7 Å². The van der Waals surface area contributed by atoms with Gasteiger partial charge in [0.15, 0.2) is 0 Å². The van der Waals surface area contributed by atoms with Crippen molar-refractivity contribution in [2.75, 3.05) is 26.4 Å². The Kier molecular flexibility index (Phi) is 60.6. The smallest absolute Gasteiger partial charge is 2.00 e. The molecule has 0 spiro atoms. The molecular weight excluding hydrogens is 182 g/mol. The molecule has 1 aliphatic rings. The summed E-state index contributed by atoms with van der Waals surface area (Å²) in [7, 11) is 0. The molecule has 7 heteroatoms. The van der Waals surface area contributed by atoms with Gasteiger partial charge in [-0.1, -0.05) is 0 Å². The Morgan fingerprint density at radius 3 is 0.818 bits per heavy atom. The van der Waals surface area contributed by atoms with E-state index in [1.807, 2.05) is 0 Å². The fraction of sp³-hybridized carbons (Fsp3) is 1.00. The summed E-state index contributed by atoms with van der Waals surface area (Å²) in [5, 5.41) is 0. The summed E-state index contributed by atoms with van der Waals surface area (Å²) >= 11 is 0. The Morgan fingerprint density at radius 2 is 0.727 bits per heavy atom. The monoisotopic (exact) mass is 190 g/mol. The molecule has 0 aliphatic carbocycles. The van der Waals surface area contributed by atoms with Crippen molar-refractivity contribution >= 4 is 34.7 Å². The Hall–Kier alpha value is 0.865. The first kappa shape index (κ1) is 29.7. The summed E-state index contributed by atoms with van der Waals surface area (Å²) in [6.45, 7) is 3.11. The van der Waals surface area contributed by atoms with Crippen LogP contribution in [0.2, 0.25) is 0 Å². The van der Waals surface area contributed by atoms with Crippen LogP contribution in [0.4, 0.5) is 0 Å². The Morgan fingerprint density at radius 1 is 0.545 bits per heavy atom. The molecule has 5 nitrogen and oxygen atoms in total. The number of ether oxygens (including phenoxy) is 2. The molecule has 0 aromatic carbocycles. The van der Waals surface area contributed by atoms with E-state index >= 15 is 0 Å². The molecule has 1 heterocycles. The maximum absolute atomic E-state index is 4.94. The molecule has 0 atom stereocenters. The van der Waals surface area contributed by atoms with E-state index < -0.39 is 0 Å². The van der Waals surface area contributed by atoms with E-state index in [9.17, 15) is 0 Å². The molecule has 1 saturated heterocycles. The Bertz CT molecular complexity index is 32.0. The molecule has 11 heavy (non-hydrogen) atoms. The van der Waals surface area contributed by atoms with Gasteiger partial charge in [-0.25, -0.2) is 0 Å². The zero-order valence-electron chi connectivity index (χ0n) is 6.02. The van der Waals surface area contributed by atoms with Crippen LogP contribution in [-0.2, 0) is 25.9 Å². The molecule has 1 rings (SSSR count). The van der Waals surface area contributed by atoms with Crippen LogP contribution in [0, 0.1) is 0 Å². The van der Waals surface area contributed by atoms with Crippen molar-refractivity contribution in [3.8, 4) is 0 Å². The van der Waals surface area contributed by atoms with Gasteiger partial charge < -0.3 is 25.9 Å². The summed E-state index contributed by atoms with van der Waals surface area (Å²) in [6.07, 6.45) is 0. The first-order chi connectivity index (χ1) is 3.00. The van der Waals surface area contributed by atoms with E-state index in [0.29, 0.717) is 0 Å². The molecule has 1 fully saturated rings. The fourth-order valence-corrected chi connectivity index (χ4v) is 0.440. The molecule has 0 aromatic heterocycles. The second-order valence-electron chi connectivity index (χ2n) is 1.22. The molecule has 0 radical (unpaired) electrons. The predicted molar refractivity (Wildman–Crippen MR) is 35.2 cm³/mol. The average Bonchev–Trinajstić information content (AvgIpc) is 1.72. The summed E-state index contributed by atoms with van der Waals surface area (Å²) in [6, 6.07) is 0. The standard InChI is InChI=1S/C4H8O2.2Al.3O/c1-2-6-4-3-5-1;;;;;/h1-4H2;;;;;/q;2*+3;3*-2. The fourth-order valence-electron chi connectivity index (χ4n) is 0.440. The van der Waals surface area contributed by atoms with Gasteiger partial charge in [0.2, 0.25) is 0 Å². The van der Waals surface area contributed by atoms with Crippen LogP contribution in [0.1, 0.15) is 0 Å². The second-order valence-corrected chi connectivity index (χ2v) is 1.22. The minimum Gasteiger partial charge on any atom is -2.00 e. The van der Waals surface area contributed by atoms with E-state index in [0.717, 1.165) is 26.4 Å². The maximum atomic E-state index is 4.94. The van der Waals surface area contributed by atoms with Gasteiger partial charge in [-0.15, -0.1) is 0 Å². The van der Waals surface area contributed by atoms with Crippen LogP contribution in [0.3, 0.4) is 0 Å². The van der Waals surface area contributed by atoms with Crippen LogP contribution < -0.4 is 0 Å². The van der Waals surface area contributed by atoms with Gasteiger partial charge in [-0.3, -0.25) is 0 Å². The van der Waals surface area contributed by atoms with Crippen molar-refractivity contribution < 1.29 is 25.9 Å². The maximum Gasteiger partial charge on any atom is 3.00 e. The minimum atomic E-state index is 0. The first-order valence-corrected chi connectivity index (χ1v) is 2.15. The van der Waals surface area contributed by atoms with E-state index in [4.69, 9.17) is 9.47 Å². The van der Waals surface area contributed by atoms with Gasteiger partial charge in [-0.2, -0.15) is 0 Å². The zero-order chi connectivity index (χ0) is 4.24. The number of rotatable bonds is 0. The van der Waals surface area contributed by atoms with Crippen LogP contribution in [-0.4, -0.2) is 61.1 Å². The van der Waals surface area contributed by atoms with Crippen molar-refractivity contribution in [2.24, 2.45) is 0 Å². The topological polar surface area (TPSA) is 104 Å². The molecule has 0 amide bonds. The van der Waals surface area contributed by atoms with Gasteiger partial charge in [-0.05, 0) is 0 Å². The van der Waals surface area contributed by atoms with Crippen molar-refractivity contribution in [2.45, 2.75) is 0 Å². The SMILES string of the molecule is C1COCCO1.[Al+3].[Al+3].[O-2].[O-2].[O-2]. The van der Waals surface area contributed by atoms with Crippen LogP contribution in [0.25, 0.3) is 0 Å². The Labute approximate surface area is 87.2 Å². The molecule has 0 N–H and O–H groups in total. The summed E-state index contributed by atoms with van der Waals surface area (Å²) in [4.78, 5) is 0. The van der Waals surface area contributed by atoms with Gasteiger partial charge in [0.25, 0.3) is 0 Å². The molecule has 0 saturated carbocycles. The van der Waals surface area contributed by atoms with Crippen molar-refractivity contribution in [1.29, 1.82) is 0 Å². The Balaban J connectivity index is -0.0000000240. The van der Waals surface area contributed by atoms with E-state index in [2.05, 4.69) is 0 Å². The van der Waals surface area contributed by atoms with E-state index in [1.165, 1.54) is 0 Å². The van der Waals surface area contributed by atoms with Crippen LogP contribution in [0.5, 0.6) is 0 Å². The summed E-state index contributed by atoms with van der Waals surface area (Å²) in [5.74, 6) is 0. The normalized spacial score (nSPS) is 13.1. The molecule has 0 unspecified atom stereocenters. The molecule has 60 valence electrons. The zero-order valence-corrected chi connectivity index (χ0v) is 8.33. The first-order valence-electron chi connectivity index (χ1n) is 2.15. The third-order valence-electron chi connectivity index (χ3n) is 0.744. The number of hydrogen-bond acceptors (Lipinski definition) is 2. The third kappa shape index (κ3) is 18.1. The van der Waals surface area contributed by atoms with Crippen molar-refractivity contribution in [3.63, 3.8) is 0 Å². The quantitative estimate of drug-likeness (QED) is 0.453. The van der Waals surface area contributed by atoms with E-state index in [1.54, 1.807) is 0 Å². The number of hydrogen-bond donors (Lipinski definition) is 0. The molecule has 1 aliphatic heterocycles. The van der Waals surface area contributed by atoms with Crippen LogP contribution >= 0.6 is 0 Å². The molecular formula is C4H8Al2O5. The summed E-state index contributed by atoms with van der Waals surface area (Å²) < 4.78 is 9.89. The van der Waals surface area contributed by atoms with Crippen molar-refractivity contribution in [3.05, 3.63) is 0 Å². The largest absolute Gasteiger partial charge is 3.00 e.